The van der Waals surface area contributed by atoms with Crippen LogP contribution in [0.15, 0.2) is 40.9 Å². The number of nitro groups is 1. The largest absolute Gasteiger partial charge is 0.496 e. The second kappa shape index (κ2) is 6.78. The van der Waals surface area contributed by atoms with Gasteiger partial charge in [-0.3, -0.25) is 10.1 Å². The Morgan fingerprint density at radius 1 is 1.33 bits per heavy atom. The first-order valence-electron chi connectivity index (χ1n) is 6.01. The Morgan fingerprint density at radius 2 is 2.10 bits per heavy atom. The molecule has 0 bridgehead atoms. The van der Waals surface area contributed by atoms with Crippen LogP contribution in [0.3, 0.4) is 0 Å². The Labute approximate surface area is 135 Å². The minimum Gasteiger partial charge on any atom is -0.496 e. The van der Waals surface area contributed by atoms with Gasteiger partial charge in [0.25, 0.3) is 5.69 Å². The Morgan fingerprint density at radius 3 is 2.71 bits per heavy atom. The van der Waals surface area contributed by atoms with E-state index in [1.54, 1.807) is 18.2 Å². The molecule has 0 atom stereocenters. The Balaban J connectivity index is 2.21. The van der Waals surface area contributed by atoms with E-state index in [2.05, 4.69) is 21.2 Å². The zero-order valence-corrected chi connectivity index (χ0v) is 13.4. The van der Waals surface area contributed by atoms with E-state index in [4.69, 9.17) is 16.3 Å². The fourth-order valence-corrected chi connectivity index (χ4v) is 2.53. The number of nitrogens with zero attached hydrogens (tertiary/aromatic N) is 1. The molecule has 0 aliphatic heterocycles. The van der Waals surface area contributed by atoms with Crippen LogP contribution in [-0.2, 0) is 6.54 Å². The van der Waals surface area contributed by atoms with Crippen LogP contribution in [0.4, 0.5) is 11.4 Å². The summed E-state index contributed by atoms with van der Waals surface area (Å²) in [7, 11) is 1.47. The number of hydrogen-bond donors (Lipinski definition) is 1. The van der Waals surface area contributed by atoms with Crippen LogP contribution in [0, 0.1) is 10.1 Å². The summed E-state index contributed by atoms with van der Waals surface area (Å²) in [5.41, 5.74) is 1.23. The van der Waals surface area contributed by atoms with E-state index < -0.39 is 4.92 Å². The maximum absolute atomic E-state index is 11.1. The van der Waals surface area contributed by atoms with Crippen LogP contribution in [0.2, 0.25) is 5.02 Å². The molecule has 0 unspecified atom stereocenters. The summed E-state index contributed by atoms with van der Waals surface area (Å²) in [5, 5.41) is 14.7. The molecular weight excluding hydrogens is 360 g/mol. The van der Waals surface area contributed by atoms with Gasteiger partial charge in [-0.05, 0) is 29.8 Å². The van der Waals surface area contributed by atoms with E-state index in [0.717, 1.165) is 10.0 Å². The highest BCUT2D eigenvalue weighted by Gasteiger charge is 2.15. The molecule has 2 aromatic rings. The minimum absolute atomic E-state index is 0.0393. The molecule has 0 spiro atoms. The van der Waals surface area contributed by atoms with E-state index in [1.807, 2.05) is 12.1 Å². The van der Waals surface area contributed by atoms with Crippen molar-refractivity contribution in [3.05, 3.63) is 61.6 Å². The van der Waals surface area contributed by atoms with Crippen LogP contribution < -0.4 is 10.1 Å². The summed E-state index contributed by atoms with van der Waals surface area (Å²) < 4.78 is 5.88. The van der Waals surface area contributed by atoms with Crippen molar-refractivity contribution in [3.63, 3.8) is 0 Å². The lowest BCUT2D eigenvalue weighted by Crippen LogP contribution is -2.03. The summed E-state index contributed by atoms with van der Waals surface area (Å²) in [6, 6.07) is 10.2. The minimum atomic E-state index is -0.450. The van der Waals surface area contributed by atoms with Crippen LogP contribution in [0.25, 0.3) is 0 Å². The molecule has 0 saturated heterocycles. The van der Waals surface area contributed by atoms with Crippen molar-refractivity contribution in [2.24, 2.45) is 0 Å². The standard InChI is InChI=1S/C14H12BrClN2O3/c1-21-11-4-5-13(14(7-11)18(19)20)17-8-9-2-3-10(15)6-12(9)16/h2-7,17H,8H2,1H3. The number of rotatable bonds is 5. The highest BCUT2D eigenvalue weighted by Crippen LogP contribution is 2.30. The molecule has 0 saturated carbocycles. The maximum atomic E-state index is 11.1. The van der Waals surface area contributed by atoms with E-state index in [-0.39, 0.29) is 5.69 Å². The molecule has 0 heterocycles. The second-order valence-electron chi connectivity index (χ2n) is 4.23. The number of nitro benzene ring substituents is 1. The van der Waals surface area contributed by atoms with Crippen molar-refractivity contribution < 1.29 is 9.66 Å². The fourth-order valence-electron chi connectivity index (χ4n) is 1.79. The third kappa shape index (κ3) is 3.86. The predicted octanol–water partition coefficient (Wildman–Crippen LogP) is 4.63. The molecule has 2 rings (SSSR count). The molecule has 0 aliphatic rings. The van der Waals surface area contributed by atoms with Crippen molar-refractivity contribution in [1.82, 2.24) is 0 Å². The van der Waals surface area contributed by atoms with Crippen molar-refractivity contribution in [2.45, 2.75) is 6.54 Å². The van der Waals surface area contributed by atoms with Gasteiger partial charge in [-0.1, -0.05) is 33.6 Å². The number of halogens is 2. The first kappa shape index (κ1) is 15.6. The molecule has 2 aromatic carbocycles. The maximum Gasteiger partial charge on any atom is 0.296 e. The molecule has 0 amide bonds. The lowest BCUT2D eigenvalue weighted by atomic mass is 10.2. The topological polar surface area (TPSA) is 64.4 Å². The third-order valence-corrected chi connectivity index (χ3v) is 3.73. The zero-order chi connectivity index (χ0) is 15.4. The summed E-state index contributed by atoms with van der Waals surface area (Å²) in [4.78, 5) is 10.6. The Kier molecular flexibility index (Phi) is 5.03. The molecule has 0 aromatic heterocycles. The Hall–Kier alpha value is -1.79. The average molecular weight is 372 g/mol. The summed E-state index contributed by atoms with van der Waals surface area (Å²) >= 11 is 9.45. The smallest absolute Gasteiger partial charge is 0.296 e. The van der Waals surface area contributed by atoms with E-state index in [0.29, 0.717) is 23.0 Å². The number of benzene rings is 2. The number of nitrogens with one attached hydrogen (secondary N) is 1. The SMILES string of the molecule is COc1ccc(NCc2ccc(Br)cc2Cl)c([N+](=O)[O-])c1. The highest BCUT2D eigenvalue weighted by atomic mass is 79.9. The van der Waals surface area contributed by atoms with Crippen molar-refractivity contribution >= 4 is 38.9 Å². The quantitative estimate of drug-likeness (QED) is 0.614. The molecule has 110 valence electrons. The van der Waals surface area contributed by atoms with Gasteiger partial charge in [-0.2, -0.15) is 0 Å². The molecule has 1 N–H and O–H groups in total. The lowest BCUT2D eigenvalue weighted by Gasteiger charge is -2.10. The normalized spacial score (nSPS) is 10.2. The molecule has 0 aliphatic carbocycles. The van der Waals surface area contributed by atoms with Crippen LogP contribution in [-0.4, -0.2) is 12.0 Å². The van der Waals surface area contributed by atoms with Crippen LogP contribution in [0.1, 0.15) is 5.56 Å². The predicted molar refractivity (Wildman–Crippen MR) is 86.1 cm³/mol. The molecule has 7 heteroatoms. The van der Waals surface area contributed by atoms with Gasteiger partial charge in [-0.15, -0.1) is 0 Å². The number of ether oxygens (including phenoxy) is 1. The lowest BCUT2D eigenvalue weighted by molar-refractivity contribution is -0.384. The van der Waals surface area contributed by atoms with Gasteiger partial charge in [0.05, 0.1) is 18.1 Å². The van der Waals surface area contributed by atoms with Gasteiger partial charge in [-0.25, -0.2) is 0 Å². The van der Waals surface area contributed by atoms with E-state index >= 15 is 0 Å². The van der Waals surface area contributed by atoms with Crippen molar-refractivity contribution in [3.8, 4) is 5.75 Å². The molecule has 0 fully saturated rings. The van der Waals surface area contributed by atoms with Gasteiger partial charge in [0.2, 0.25) is 0 Å². The van der Waals surface area contributed by atoms with Crippen LogP contribution >= 0.6 is 27.5 Å². The van der Waals surface area contributed by atoms with Crippen LogP contribution in [0.5, 0.6) is 5.75 Å². The summed E-state index contributed by atoms with van der Waals surface area (Å²) in [6.45, 7) is 0.388. The molecule has 21 heavy (non-hydrogen) atoms. The Bertz CT molecular complexity index is 679. The first-order chi connectivity index (χ1) is 10.0. The van der Waals surface area contributed by atoms with E-state index in [9.17, 15) is 10.1 Å². The second-order valence-corrected chi connectivity index (χ2v) is 5.55. The average Bonchev–Trinajstić information content (AvgIpc) is 2.46. The highest BCUT2D eigenvalue weighted by molar-refractivity contribution is 9.10. The monoisotopic (exact) mass is 370 g/mol. The fraction of sp³-hybridized carbons (Fsp3) is 0.143. The van der Waals surface area contributed by atoms with Gasteiger partial charge in [0.15, 0.2) is 0 Å². The molecule has 5 nitrogen and oxygen atoms in total. The first-order valence-corrected chi connectivity index (χ1v) is 7.18. The van der Waals surface area contributed by atoms with Crippen molar-refractivity contribution in [2.75, 3.05) is 12.4 Å². The van der Waals surface area contributed by atoms with Gasteiger partial charge in [0.1, 0.15) is 11.4 Å². The molecular formula is C14H12BrClN2O3. The van der Waals surface area contributed by atoms with Crippen molar-refractivity contribution in [1.29, 1.82) is 0 Å². The summed E-state index contributed by atoms with van der Waals surface area (Å²) in [6.07, 6.45) is 0. The summed E-state index contributed by atoms with van der Waals surface area (Å²) in [5.74, 6) is 0.439. The number of hydrogen-bond acceptors (Lipinski definition) is 4. The molecule has 0 radical (unpaired) electrons. The van der Waals surface area contributed by atoms with Gasteiger partial charge in [0, 0.05) is 16.0 Å². The van der Waals surface area contributed by atoms with E-state index in [1.165, 1.54) is 13.2 Å². The third-order valence-electron chi connectivity index (χ3n) is 2.89. The number of methoxy groups -OCH3 is 1. The zero-order valence-electron chi connectivity index (χ0n) is 11.1. The van der Waals surface area contributed by atoms with Gasteiger partial charge >= 0.3 is 0 Å². The number of anilines is 1. The van der Waals surface area contributed by atoms with Gasteiger partial charge < -0.3 is 10.1 Å².